The first-order valence-electron chi connectivity index (χ1n) is 7.93. The van der Waals surface area contributed by atoms with Crippen molar-refractivity contribution in [1.82, 2.24) is 9.80 Å². The Labute approximate surface area is 130 Å². The van der Waals surface area contributed by atoms with Gasteiger partial charge in [0.25, 0.3) is 5.91 Å². The molecule has 0 unspecified atom stereocenters. The van der Waals surface area contributed by atoms with Crippen molar-refractivity contribution in [3.05, 3.63) is 34.9 Å². The molecule has 5 heteroatoms. The molecule has 1 aromatic rings. The SMILES string of the molecule is COC(=O)N1CCCN(C(=O)c2ccc3c(c2)CCC3)CC1. The van der Waals surface area contributed by atoms with Crippen LogP contribution in [0.2, 0.25) is 0 Å². The van der Waals surface area contributed by atoms with E-state index in [2.05, 4.69) is 6.07 Å². The molecule has 1 fully saturated rings. The fourth-order valence-corrected chi connectivity index (χ4v) is 3.32. The van der Waals surface area contributed by atoms with Crippen LogP contribution in [0.15, 0.2) is 18.2 Å². The summed E-state index contributed by atoms with van der Waals surface area (Å²) in [4.78, 5) is 27.8. The fraction of sp³-hybridized carbons (Fsp3) is 0.529. The molecule has 118 valence electrons. The van der Waals surface area contributed by atoms with E-state index in [0.29, 0.717) is 26.2 Å². The number of benzene rings is 1. The highest BCUT2D eigenvalue weighted by molar-refractivity contribution is 5.94. The molecule has 2 aliphatic rings. The van der Waals surface area contributed by atoms with Gasteiger partial charge in [0.15, 0.2) is 0 Å². The van der Waals surface area contributed by atoms with Gasteiger partial charge < -0.3 is 14.5 Å². The van der Waals surface area contributed by atoms with E-state index < -0.39 is 0 Å². The number of carbonyl (C=O) groups excluding carboxylic acids is 2. The van der Waals surface area contributed by atoms with E-state index in [-0.39, 0.29) is 12.0 Å². The Hall–Kier alpha value is -2.04. The standard InChI is InChI=1S/C17H22N2O3/c1-22-17(21)19-9-3-8-18(10-11-19)16(20)15-7-6-13-4-2-5-14(13)12-15/h6-7,12H,2-5,8-11H2,1H3. The summed E-state index contributed by atoms with van der Waals surface area (Å²) in [6.07, 6.45) is 3.86. The number of nitrogens with zero attached hydrogens (tertiary/aromatic N) is 2. The molecule has 0 N–H and O–H groups in total. The van der Waals surface area contributed by atoms with Crippen LogP contribution in [0.4, 0.5) is 4.79 Å². The van der Waals surface area contributed by atoms with E-state index in [1.807, 2.05) is 17.0 Å². The number of methoxy groups -OCH3 is 1. The molecule has 0 spiro atoms. The second kappa shape index (κ2) is 6.38. The number of fused-ring (bicyclic) bond motifs is 1. The molecule has 1 aliphatic carbocycles. The molecule has 2 amide bonds. The monoisotopic (exact) mass is 302 g/mol. The molecule has 1 aromatic carbocycles. The highest BCUT2D eigenvalue weighted by Gasteiger charge is 2.24. The van der Waals surface area contributed by atoms with Gasteiger partial charge in [-0.1, -0.05) is 6.07 Å². The van der Waals surface area contributed by atoms with Crippen molar-refractivity contribution in [1.29, 1.82) is 0 Å². The Morgan fingerprint density at radius 2 is 1.68 bits per heavy atom. The average molecular weight is 302 g/mol. The van der Waals surface area contributed by atoms with Gasteiger partial charge in [0.2, 0.25) is 0 Å². The third-order valence-corrected chi connectivity index (χ3v) is 4.56. The molecular weight excluding hydrogens is 280 g/mol. The van der Waals surface area contributed by atoms with Crippen molar-refractivity contribution in [3.8, 4) is 0 Å². The number of hydrogen-bond donors (Lipinski definition) is 0. The fourth-order valence-electron chi connectivity index (χ4n) is 3.32. The van der Waals surface area contributed by atoms with Crippen LogP contribution in [-0.4, -0.2) is 55.1 Å². The molecule has 5 nitrogen and oxygen atoms in total. The van der Waals surface area contributed by atoms with Gasteiger partial charge in [0, 0.05) is 31.7 Å². The van der Waals surface area contributed by atoms with Gasteiger partial charge >= 0.3 is 6.09 Å². The van der Waals surface area contributed by atoms with E-state index in [0.717, 1.165) is 24.8 Å². The van der Waals surface area contributed by atoms with Gasteiger partial charge in [-0.15, -0.1) is 0 Å². The van der Waals surface area contributed by atoms with Crippen molar-refractivity contribution < 1.29 is 14.3 Å². The second-order valence-corrected chi connectivity index (χ2v) is 5.94. The Balaban J connectivity index is 1.69. The lowest BCUT2D eigenvalue weighted by Crippen LogP contribution is -2.37. The molecule has 0 saturated carbocycles. The average Bonchev–Trinajstić information content (AvgIpc) is 2.88. The molecule has 1 aliphatic heterocycles. The lowest BCUT2D eigenvalue weighted by atomic mass is 10.1. The van der Waals surface area contributed by atoms with Crippen LogP contribution >= 0.6 is 0 Å². The minimum atomic E-state index is -0.313. The third-order valence-electron chi connectivity index (χ3n) is 4.56. The predicted molar refractivity (Wildman–Crippen MR) is 83.0 cm³/mol. The van der Waals surface area contributed by atoms with E-state index in [9.17, 15) is 9.59 Å². The first-order chi connectivity index (χ1) is 10.7. The molecular formula is C17H22N2O3. The summed E-state index contributed by atoms with van der Waals surface area (Å²) in [5.74, 6) is 0.0708. The minimum absolute atomic E-state index is 0.0708. The second-order valence-electron chi connectivity index (χ2n) is 5.94. The first-order valence-corrected chi connectivity index (χ1v) is 7.93. The zero-order valence-corrected chi connectivity index (χ0v) is 13.0. The van der Waals surface area contributed by atoms with E-state index in [4.69, 9.17) is 4.74 Å². The van der Waals surface area contributed by atoms with Gasteiger partial charge in [-0.25, -0.2) is 4.79 Å². The van der Waals surface area contributed by atoms with Crippen LogP contribution in [-0.2, 0) is 17.6 Å². The smallest absolute Gasteiger partial charge is 0.409 e. The summed E-state index contributed by atoms with van der Waals surface area (Å²) in [6, 6.07) is 6.08. The van der Waals surface area contributed by atoms with Gasteiger partial charge in [0.1, 0.15) is 0 Å². The molecule has 22 heavy (non-hydrogen) atoms. The van der Waals surface area contributed by atoms with Crippen molar-refractivity contribution in [2.24, 2.45) is 0 Å². The zero-order valence-electron chi connectivity index (χ0n) is 13.0. The lowest BCUT2D eigenvalue weighted by Gasteiger charge is -2.21. The molecule has 0 atom stereocenters. The zero-order chi connectivity index (χ0) is 15.5. The Kier molecular flexibility index (Phi) is 4.32. The molecule has 0 aromatic heterocycles. The summed E-state index contributed by atoms with van der Waals surface area (Å²) in [5, 5.41) is 0. The normalized spacial score (nSPS) is 17.9. The summed E-state index contributed by atoms with van der Waals surface area (Å²) in [6.45, 7) is 2.42. The van der Waals surface area contributed by atoms with Gasteiger partial charge in [-0.3, -0.25) is 4.79 Å². The van der Waals surface area contributed by atoms with E-state index >= 15 is 0 Å². The van der Waals surface area contributed by atoms with Crippen LogP contribution in [0.5, 0.6) is 0 Å². The van der Waals surface area contributed by atoms with Gasteiger partial charge in [-0.2, -0.15) is 0 Å². The van der Waals surface area contributed by atoms with Crippen LogP contribution in [0, 0.1) is 0 Å². The highest BCUT2D eigenvalue weighted by Crippen LogP contribution is 2.23. The van der Waals surface area contributed by atoms with Crippen molar-refractivity contribution in [2.45, 2.75) is 25.7 Å². The molecule has 1 saturated heterocycles. The number of hydrogen-bond acceptors (Lipinski definition) is 3. The summed E-state index contributed by atoms with van der Waals surface area (Å²) >= 11 is 0. The van der Waals surface area contributed by atoms with Crippen molar-refractivity contribution in [3.63, 3.8) is 0 Å². The largest absolute Gasteiger partial charge is 0.453 e. The number of carbonyl (C=O) groups is 2. The van der Waals surface area contributed by atoms with E-state index in [1.165, 1.54) is 24.7 Å². The summed E-state index contributed by atoms with van der Waals surface area (Å²) in [5.41, 5.74) is 3.47. The van der Waals surface area contributed by atoms with Crippen LogP contribution in [0.1, 0.15) is 34.3 Å². The molecule has 1 heterocycles. The summed E-state index contributed by atoms with van der Waals surface area (Å²) < 4.78 is 4.76. The Morgan fingerprint density at radius 1 is 0.955 bits per heavy atom. The third kappa shape index (κ3) is 2.93. The van der Waals surface area contributed by atoms with Crippen LogP contribution in [0.25, 0.3) is 0 Å². The predicted octanol–water partition coefficient (Wildman–Crippen LogP) is 2.09. The number of amides is 2. The van der Waals surface area contributed by atoms with Crippen molar-refractivity contribution >= 4 is 12.0 Å². The van der Waals surface area contributed by atoms with E-state index in [1.54, 1.807) is 4.90 Å². The topological polar surface area (TPSA) is 49.9 Å². The number of ether oxygens (including phenoxy) is 1. The lowest BCUT2D eigenvalue weighted by molar-refractivity contribution is 0.0757. The molecule has 3 rings (SSSR count). The Morgan fingerprint density at radius 3 is 2.50 bits per heavy atom. The maximum Gasteiger partial charge on any atom is 0.409 e. The number of rotatable bonds is 1. The van der Waals surface area contributed by atoms with Gasteiger partial charge in [0.05, 0.1) is 7.11 Å². The Bertz CT molecular complexity index is 585. The maximum atomic E-state index is 12.7. The van der Waals surface area contributed by atoms with Crippen LogP contribution in [0.3, 0.4) is 0 Å². The minimum Gasteiger partial charge on any atom is -0.453 e. The maximum absolute atomic E-state index is 12.7. The quantitative estimate of drug-likeness (QED) is 0.798. The number of aryl methyl sites for hydroxylation is 2. The summed E-state index contributed by atoms with van der Waals surface area (Å²) in [7, 11) is 1.39. The molecule has 0 bridgehead atoms. The van der Waals surface area contributed by atoms with Crippen LogP contribution < -0.4 is 0 Å². The molecule has 0 radical (unpaired) electrons. The van der Waals surface area contributed by atoms with Crippen molar-refractivity contribution in [2.75, 3.05) is 33.3 Å². The van der Waals surface area contributed by atoms with Gasteiger partial charge in [-0.05, 0) is 48.9 Å². The first kappa shape index (κ1) is 14.9. The highest BCUT2D eigenvalue weighted by atomic mass is 16.5.